The summed E-state index contributed by atoms with van der Waals surface area (Å²) in [7, 11) is 1.76. The average Bonchev–Trinajstić information content (AvgIpc) is 2.19. The summed E-state index contributed by atoms with van der Waals surface area (Å²) in [6.07, 6.45) is 5.08. The van der Waals surface area contributed by atoms with Crippen molar-refractivity contribution in [1.82, 2.24) is 0 Å². The maximum Gasteiger partial charge on any atom is 0.122 e. The molecule has 0 atom stereocenters. The maximum atomic E-state index is 5.37. The highest BCUT2D eigenvalue weighted by atomic mass is 16.5. The number of rotatable bonds is 1. The van der Waals surface area contributed by atoms with Gasteiger partial charge in [-0.05, 0) is 55.4 Å². The predicted octanol–water partition coefficient (Wildman–Crippen LogP) is 2.88. The van der Waals surface area contributed by atoms with Crippen LogP contribution in [0.5, 0.6) is 5.75 Å². The van der Waals surface area contributed by atoms with Crippen LogP contribution >= 0.6 is 0 Å². The molecule has 13 heavy (non-hydrogen) atoms. The lowest BCUT2D eigenvalue weighted by atomic mass is 9.88. The molecule has 2 rings (SSSR count). The quantitative estimate of drug-likeness (QED) is 0.639. The average molecular weight is 176 g/mol. The van der Waals surface area contributed by atoms with Crippen LogP contribution in [0.15, 0.2) is 12.1 Å². The van der Waals surface area contributed by atoms with E-state index in [0.717, 1.165) is 5.75 Å². The lowest BCUT2D eigenvalue weighted by molar-refractivity contribution is 0.406. The van der Waals surface area contributed by atoms with E-state index in [0.29, 0.717) is 0 Å². The first-order valence-corrected chi connectivity index (χ1v) is 4.98. The van der Waals surface area contributed by atoms with Crippen LogP contribution in [0.1, 0.15) is 29.5 Å². The predicted molar refractivity (Wildman–Crippen MR) is 54.4 cm³/mol. The monoisotopic (exact) mass is 176 g/mol. The second kappa shape index (κ2) is 3.41. The Kier molecular flexibility index (Phi) is 2.26. The third-order valence-electron chi connectivity index (χ3n) is 2.95. The standard InChI is InChI=1S/C12H16O/c1-9-7-8-12(13-2)11-6-4-3-5-10(9)11/h7-8H,3-6H2,1-2H3. The van der Waals surface area contributed by atoms with Crippen molar-refractivity contribution in [3.63, 3.8) is 0 Å². The van der Waals surface area contributed by atoms with Crippen LogP contribution in [0, 0.1) is 6.92 Å². The van der Waals surface area contributed by atoms with Gasteiger partial charge in [0.15, 0.2) is 0 Å². The number of methoxy groups -OCH3 is 1. The summed E-state index contributed by atoms with van der Waals surface area (Å²) in [5, 5.41) is 0. The highest BCUT2D eigenvalue weighted by Gasteiger charge is 2.15. The third-order valence-corrected chi connectivity index (χ3v) is 2.95. The van der Waals surface area contributed by atoms with E-state index >= 15 is 0 Å². The zero-order valence-corrected chi connectivity index (χ0v) is 8.39. The van der Waals surface area contributed by atoms with Crippen molar-refractivity contribution in [3.05, 3.63) is 28.8 Å². The minimum atomic E-state index is 1.08. The number of hydrogen-bond donors (Lipinski definition) is 0. The van der Waals surface area contributed by atoms with E-state index in [4.69, 9.17) is 4.74 Å². The van der Waals surface area contributed by atoms with E-state index in [9.17, 15) is 0 Å². The Hall–Kier alpha value is -0.980. The van der Waals surface area contributed by atoms with Crippen molar-refractivity contribution >= 4 is 0 Å². The Morgan fingerprint density at radius 2 is 1.77 bits per heavy atom. The van der Waals surface area contributed by atoms with Gasteiger partial charge in [0.25, 0.3) is 0 Å². The van der Waals surface area contributed by atoms with Crippen LogP contribution < -0.4 is 4.74 Å². The summed E-state index contributed by atoms with van der Waals surface area (Å²) in [4.78, 5) is 0. The number of aryl methyl sites for hydroxylation is 1. The summed E-state index contributed by atoms with van der Waals surface area (Å²) < 4.78 is 5.37. The lowest BCUT2D eigenvalue weighted by Gasteiger charge is -2.20. The fraction of sp³-hybridized carbons (Fsp3) is 0.500. The topological polar surface area (TPSA) is 9.23 Å². The summed E-state index contributed by atoms with van der Waals surface area (Å²) >= 11 is 0. The molecule has 0 saturated heterocycles. The van der Waals surface area contributed by atoms with E-state index in [2.05, 4.69) is 19.1 Å². The first-order chi connectivity index (χ1) is 6.33. The molecule has 1 aromatic rings. The molecule has 1 aliphatic rings. The molecule has 0 heterocycles. The molecule has 1 aromatic carbocycles. The highest BCUT2D eigenvalue weighted by molar-refractivity contribution is 5.45. The number of ether oxygens (including phenoxy) is 1. The van der Waals surface area contributed by atoms with Gasteiger partial charge < -0.3 is 4.74 Å². The first kappa shape index (κ1) is 8.61. The summed E-state index contributed by atoms with van der Waals surface area (Å²) in [5.41, 5.74) is 4.41. The van der Waals surface area contributed by atoms with Crippen LogP contribution in [0.25, 0.3) is 0 Å². The minimum Gasteiger partial charge on any atom is -0.496 e. The fourth-order valence-corrected chi connectivity index (χ4v) is 2.21. The molecule has 1 heteroatoms. The third kappa shape index (κ3) is 1.43. The van der Waals surface area contributed by atoms with Gasteiger partial charge in [0, 0.05) is 0 Å². The van der Waals surface area contributed by atoms with E-state index in [1.807, 2.05) is 0 Å². The normalized spacial score (nSPS) is 15.2. The molecular formula is C12H16O. The first-order valence-electron chi connectivity index (χ1n) is 4.98. The highest BCUT2D eigenvalue weighted by Crippen LogP contribution is 2.31. The molecular weight excluding hydrogens is 160 g/mol. The van der Waals surface area contributed by atoms with Crippen LogP contribution in [0.4, 0.5) is 0 Å². The molecule has 1 nitrogen and oxygen atoms in total. The van der Waals surface area contributed by atoms with E-state index in [1.54, 1.807) is 7.11 Å². The number of hydrogen-bond acceptors (Lipinski definition) is 1. The lowest BCUT2D eigenvalue weighted by Crippen LogP contribution is -2.06. The molecule has 0 saturated carbocycles. The second-order valence-corrected chi connectivity index (χ2v) is 3.75. The van der Waals surface area contributed by atoms with Gasteiger partial charge in [0.1, 0.15) is 5.75 Å². The molecule has 0 aliphatic heterocycles. The van der Waals surface area contributed by atoms with Gasteiger partial charge in [-0.2, -0.15) is 0 Å². The molecule has 0 unspecified atom stereocenters. The zero-order valence-electron chi connectivity index (χ0n) is 8.39. The van der Waals surface area contributed by atoms with Gasteiger partial charge in [0.2, 0.25) is 0 Å². The van der Waals surface area contributed by atoms with E-state index in [-0.39, 0.29) is 0 Å². The van der Waals surface area contributed by atoms with Crippen LogP contribution in [-0.2, 0) is 12.8 Å². The van der Waals surface area contributed by atoms with Gasteiger partial charge in [-0.1, -0.05) is 6.07 Å². The van der Waals surface area contributed by atoms with Crippen molar-refractivity contribution in [1.29, 1.82) is 0 Å². The van der Waals surface area contributed by atoms with Crippen molar-refractivity contribution in [2.45, 2.75) is 32.6 Å². The van der Waals surface area contributed by atoms with Crippen LogP contribution in [0.3, 0.4) is 0 Å². The van der Waals surface area contributed by atoms with Crippen molar-refractivity contribution in [3.8, 4) is 5.75 Å². The van der Waals surface area contributed by atoms with Gasteiger partial charge in [-0.25, -0.2) is 0 Å². The number of fused-ring (bicyclic) bond motifs is 1. The molecule has 1 aliphatic carbocycles. The van der Waals surface area contributed by atoms with E-state index < -0.39 is 0 Å². The van der Waals surface area contributed by atoms with Crippen molar-refractivity contribution in [2.75, 3.05) is 7.11 Å². The van der Waals surface area contributed by atoms with Crippen LogP contribution in [-0.4, -0.2) is 7.11 Å². The van der Waals surface area contributed by atoms with E-state index in [1.165, 1.54) is 42.4 Å². The van der Waals surface area contributed by atoms with Gasteiger partial charge in [0.05, 0.1) is 7.11 Å². The molecule has 0 bridgehead atoms. The molecule has 0 amide bonds. The SMILES string of the molecule is COc1ccc(C)c2c1CCCC2. The van der Waals surface area contributed by atoms with Crippen LogP contribution in [0.2, 0.25) is 0 Å². The smallest absolute Gasteiger partial charge is 0.122 e. The largest absolute Gasteiger partial charge is 0.496 e. The van der Waals surface area contributed by atoms with Gasteiger partial charge >= 0.3 is 0 Å². The van der Waals surface area contributed by atoms with Crippen molar-refractivity contribution < 1.29 is 4.74 Å². The summed E-state index contributed by atoms with van der Waals surface area (Å²) in [6, 6.07) is 4.27. The second-order valence-electron chi connectivity index (χ2n) is 3.75. The Labute approximate surface area is 79.7 Å². The molecule has 0 fully saturated rings. The molecule has 0 radical (unpaired) electrons. The Morgan fingerprint density at radius 3 is 2.46 bits per heavy atom. The van der Waals surface area contributed by atoms with Crippen molar-refractivity contribution in [2.24, 2.45) is 0 Å². The number of benzene rings is 1. The Bertz CT molecular complexity index is 315. The molecule has 70 valence electrons. The Balaban J connectivity index is 2.52. The summed E-state index contributed by atoms with van der Waals surface area (Å²) in [5.74, 6) is 1.08. The zero-order chi connectivity index (χ0) is 9.26. The fourth-order valence-electron chi connectivity index (χ4n) is 2.21. The molecule has 0 N–H and O–H groups in total. The van der Waals surface area contributed by atoms with Gasteiger partial charge in [-0.3, -0.25) is 0 Å². The Morgan fingerprint density at radius 1 is 1.08 bits per heavy atom. The molecule has 0 spiro atoms. The maximum absolute atomic E-state index is 5.37. The summed E-state index contributed by atoms with van der Waals surface area (Å²) in [6.45, 7) is 2.20. The van der Waals surface area contributed by atoms with Gasteiger partial charge in [-0.15, -0.1) is 0 Å². The minimum absolute atomic E-state index is 1.08. The molecule has 0 aromatic heterocycles.